The number of alkyl halides is 3. The molecule has 2 aromatic rings. The van der Waals surface area contributed by atoms with Gasteiger partial charge in [-0.3, -0.25) is 4.79 Å². The molecule has 5 nitrogen and oxygen atoms in total. The normalized spacial score (nSPS) is 13.4. The van der Waals surface area contributed by atoms with Gasteiger partial charge in [-0.2, -0.15) is 13.2 Å². The van der Waals surface area contributed by atoms with E-state index in [0.717, 1.165) is 24.5 Å². The fraction of sp³-hybridized carbons (Fsp3) is 0.300. The van der Waals surface area contributed by atoms with Crippen LogP contribution >= 0.6 is 0 Å². The number of carboxylic acid groups (broad SMARTS) is 1. The molecule has 0 radical (unpaired) electrons. The van der Waals surface area contributed by atoms with E-state index in [1.165, 1.54) is 25.0 Å². The lowest BCUT2D eigenvalue weighted by atomic mass is 10.1. The molecule has 0 spiro atoms. The third-order valence-electron chi connectivity index (χ3n) is 4.12. The Morgan fingerprint density at radius 3 is 2.24 bits per heavy atom. The summed E-state index contributed by atoms with van der Waals surface area (Å²) in [5, 5.41) is 10.1. The zero-order valence-electron chi connectivity index (χ0n) is 15.4. The Bertz CT molecular complexity index is 850. The van der Waals surface area contributed by atoms with Crippen LogP contribution in [0.25, 0.3) is 0 Å². The molecular formula is C20H20F4N2O3. The van der Waals surface area contributed by atoms with E-state index in [2.05, 4.69) is 10.2 Å². The van der Waals surface area contributed by atoms with Crippen molar-refractivity contribution >= 4 is 23.3 Å². The molecule has 1 heterocycles. The number of benzene rings is 2. The van der Waals surface area contributed by atoms with E-state index >= 15 is 0 Å². The van der Waals surface area contributed by atoms with Gasteiger partial charge in [-0.25, -0.2) is 9.18 Å². The van der Waals surface area contributed by atoms with Crippen molar-refractivity contribution in [3.63, 3.8) is 0 Å². The number of halogens is 4. The SMILES string of the molecule is O=C(Cc1cccc(F)c1)Nc1ccccc1N1CCCC1.O=C(O)C(F)(F)F. The number of amides is 1. The minimum Gasteiger partial charge on any atom is -0.475 e. The highest BCUT2D eigenvalue weighted by Gasteiger charge is 2.38. The number of aliphatic carboxylic acids is 1. The van der Waals surface area contributed by atoms with E-state index in [-0.39, 0.29) is 18.1 Å². The lowest BCUT2D eigenvalue weighted by Crippen LogP contribution is -2.21. The first-order valence-corrected chi connectivity index (χ1v) is 8.85. The first kappa shape index (κ1) is 22.2. The molecule has 9 heteroatoms. The fourth-order valence-corrected chi connectivity index (χ4v) is 2.84. The standard InChI is InChI=1S/C18H19FN2O.C2HF3O2/c19-15-7-5-6-14(12-15)13-18(22)20-16-8-1-2-9-17(16)21-10-3-4-11-21;3-2(4,5)1(6)7/h1-2,5-9,12H,3-4,10-11,13H2,(H,20,22);(H,6,7). The quantitative estimate of drug-likeness (QED) is 0.737. The van der Waals surface area contributed by atoms with Crippen LogP contribution in [0.3, 0.4) is 0 Å². The molecular weight excluding hydrogens is 392 g/mol. The summed E-state index contributed by atoms with van der Waals surface area (Å²) in [6.07, 6.45) is -2.54. The van der Waals surface area contributed by atoms with Crippen molar-refractivity contribution in [2.24, 2.45) is 0 Å². The highest BCUT2D eigenvalue weighted by atomic mass is 19.4. The van der Waals surface area contributed by atoms with E-state index < -0.39 is 12.1 Å². The molecule has 1 fully saturated rings. The van der Waals surface area contributed by atoms with Gasteiger partial charge in [0.15, 0.2) is 0 Å². The first-order valence-electron chi connectivity index (χ1n) is 8.85. The Morgan fingerprint density at radius 2 is 1.66 bits per heavy atom. The fourth-order valence-electron chi connectivity index (χ4n) is 2.84. The summed E-state index contributed by atoms with van der Waals surface area (Å²) in [6.45, 7) is 2.05. The van der Waals surface area contributed by atoms with Crippen LogP contribution in [0.5, 0.6) is 0 Å². The summed E-state index contributed by atoms with van der Waals surface area (Å²) in [7, 11) is 0. The minimum atomic E-state index is -5.08. The predicted molar refractivity (Wildman–Crippen MR) is 100 cm³/mol. The summed E-state index contributed by atoms with van der Waals surface area (Å²) in [5.41, 5.74) is 2.56. The first-order chi connectivity index (χ1) is 13.7. The van der Waals surface area contributed by atoms with Gasteiger partial charge in [-0.15, -0.1) is 0 Å². The molecule has 0 bridgehead atoms. The largest absolute Gasteiger partial charge is 0.490 e. The maximum atomic E-state index is 13.2. The van der Waals surface area contributed by atoms with E-state index in [1.54, 1.807) is 12.1 Å². The number of nitrogens with zero attached hydrogens (tertiary/aromatic N) is 1. The average molecular weight is 412 g/mol. The Labute approximate surface area is 164 Å². The van der Waals surface area contributed by atoms with Crippen LogP contribution in [0, 0.1) is 5.82 Å². The Kier molecular flexibility index (Phi) is 7.58. The lowest BCUT2D eigenvalue weighted by molar-refractivity contribution is -0.192. The number of carbonyl (C=O) groups excluding carboxylic acids is 1. The number of nitrogens with one attached hydrogen (secondary N) is 1. The zero-order valence-corrected chi connectivity index (χ0v) is 15.4. The van der Waals surface area contributed by atoms with Crippen molar-refractivity contribution in [3.8, 4) is 0 Å². The molecule has 1 amide bonds. The third kappa shape index (κ3) is 7.10. The molecule has 0 saturated carbocycles. The van der Waals surface area contributed by atoms with Gasteiger partial charge in [0.25, 0.3) is 0 Å². The minimum absolute atomic E-state index is 0.128. The maximum absolute atomic E-state index is 13.2. The topological polar surface area (TPSA) is 69.6 Å². The molecule has 2 aromatic carbocycles. The van der Waals surface area contributed by atoms with Crippen LogP contribution in [-0.4, -0.2) is 36.2 Å². The monoisotopic (exact) mass is 412 g/mol. The number of para-hydroxylation sites is 2. The Morgan fingerprint density at radius 1 is 1.03 bits per heavy atom. The number of hydrogen-bond acceptors (Lipinski definition) is 3. The number of carbonyl (C=O) groups is 2. The number of hydrogen-bond donors (Lipinski definition) is 2. The molecule has 1 aliphatic rings. The zero-order chi connectivity index (χ0) is 21.4. The van der Waals surface area contributed by atoms with Crippen LogP contribution < -0.4 is 10.2 Å². The second-order valence-electron chi connectivity index (χ2n) is 6.37. The van der Waals surface area contributed by atoms with Crippen molar-refractivity contribution in [2.45, 2.75) is 25.4 Å². The van der Waals surface area contributed by atoms with Crippen molar-refractivity contribution in [3.05, 3.63) is 59.9 Å². The average Bonchev–Trinajstić information content (AvgIpc) is 3.16. The molecule has 0 unspecified atom stereocenters. The van der Waals surface area contributed by atoms with Gasteiger partial charge in [0.1, 0.15) is 5.82 Å². The molecule has 29 heavy (non-hydrogen) atoms. The third-order valence-corrected chi connectivity index (χ3v) is 4.12. The Hall–Kier alpha value is -3.10. The molecule has 3 rings (SSSR count). The van der Waals surface area contributed by atoms with Gasteiger partial charge in [-0.05, 0) is 42.7 Å². The highest BCUT2D eigenvalue weighted by Crippen LogP contribution is 2.28. The molecule has 0 aromatic heterocycles. The number of carboxylic acids is 1. The molecule has 0 aliphatic carbocycles. The van der Waals surface area contributed by atoms with Crippen molar-refractivity contribution in [2.75, 3.05) is 23.3 Å². The van der Waals surface area contributed by atoms with Gasteiger partial charge in [0.05, 0.1) is 17.8 Å². The van der Waals surface area contributed by atoms with Gasteiger partial charge >= 0.3 is 12.1 Å². The summed E-state index contributed by atoms with van der Waals surface area (Å²) < 4.78 is 44.9. The molecule has 2 N–H and O–H groups in total. The number of anilines is 2. The van der Waals surface area contributed by atoms with Gasteiger partial charge in [0, 0.05) is 13.1 Å². The lowest BCUT2D eigenvalue weighted by Gasteiger charge is -2.21. The maximum Gasteiger partial charge on any atom is 0.490 e. The van der Waals surface area contributed by atoms with E-state index in [9.17, 15) is 22.4 Å². The van der Waals surface area contributed by atoms with E-state index in [1.807, 2.05) is 24.3 Å². The summed E-state index contributed by atoms with van der Waals surface area (Å²) in [5.74, 6) is -3.20. The van der Waals surface area contributed by atoms with Gasteiger partial charge in [-0.1, -0.05) is 24.3 Å². The Balaban J connectivity index is 0.000000370. The second-order valence-corrected chi connectivity index (χ2v) is 6.37. The molecule has 1 saturated heterocycles. The summed E-state index contributed by atoms with van der Waals surface area (Å²) in [4.78, 5) is 23.4. The van der Waals surface area contributed by atoms with E-state index in [0.29, 0.717) is 5.56 Å². The van der Waals surface area contributed by atoms with Crippen LogP contribution in [0.4, 0.5) is 28.9 Å². The van der Waals surface area contributed by atoms with Crippen molar-refractivity contribution in [1.29, 1.82) is 0 Å². The van der Waals surface area contributed by atoms with Crippen LogP contribution in [0.15, 0.2) is 48.5 Å². The summed E-state index contributed by atoms with van der Waals surface area (Å²) in [6, 6.07) is 14.0. The van der Waals surface area contributed by atoms with Crippen molar-refractivity contribution in [1.82, 2.24) is 0 Å². The molecule has 0 atom stereocenters. The van der Waals surface area contributed by atoms with Gasteiger partial charge < -0.3 is 15.3 Å². The molecule has 156 valence electrons. The highest BCUT2D eigenvalue weighted by molar-refractivity contribution is 5.95. The van der Waals surface area contributed by atoms with Gasteiger partial charge in [0.2, 0.25) is 5.91 Å². The second kappa shape index (κ2) is 9.90. The van der Waals surface area contributed by atoms with E-state index in [4.69, 9.17) is 9.90 Å². The van der Waals surface area contributed by atoms with Crippen LogP contribution in [0.1, 0.15) is 18.4 Å². The predicted octanol–water partition coefficient (Wildman–Crippen LogP) is 4.24. The smallest absolute Gasteiger partial charge is 0.475 e. The summed E-state index contributed by atoms with van der Waals surface area (Å²) >= 11 is 0. The van der Waals surface area contributed by atoms with Crippen LogP contribution in [0.2, 0.25) is 0 Å². The van der Waals surface area contributed by atoms with Crippen molar-refractivity contribution < 1.29 is 32.3 Å². The number of rotatable bonds is 4. The van der Waals surface area contributed by atoms with Crippen LogP contribution in [-0.2, 0) is 16.0 Å². The molecule has 1 aliphatic heterocycles.